The van der Waals surface area contributed by atoms with E-state index in [9.17, 15) is 4.39 Å². The third-order valence-corrected chi connectivity index (χ3v) is 2.75. The van der Waals surface area contributed by atoms with E-state index in [0.717, 1.165) is 16.8 Å². The molecule has 0 aliphatic carbocycles. The average molecular weight is 227 g/mol. The first-order valence-electron chi connectivity index (χ1n) is 5.30. The van der Waals surface area contributed by atoms with Crippen molar-refractivity contribution >= 4 is 5.65 Å². The topological polar surface area (TPSA) is 30.2 Å². The second-order valence-corrected chi connectivity index (χ2v) is 3.90. The Balaban J connectivity index is 2.26. The quantitative estimate of drug-likeness (QED) is 0.640. The summed E-state index contributed by atoms with van der Waals surface area (Å²) in [5.74, 6) is -0.319. The lowest BCUT2D eigenvalue weighted by molar-refractivity contribution is 0.630. The maximum atomic E-state index is 13.5. The minimum Gasteiger partial charge on any atom is -0.304 e. The summed E-state index contributed by atoms with van der Waals surface area (Å²) in [6.07, 6.45) is 7.06. The molecule has 0 radical (unpaired) electrons. The third-order valence-electron chi connectivity index (χ3n) is 2.75. The SMILES string of the molecule is Cc1ccncc1-c1cn2cccc(F)c2n1. The lowest BCUT2D eigenvalue weighted by atomic mass is 10.1. The molecule has 0 fully saturated rings. The van der Waals surface area contributed by atoms with Crippen LogP contribution in [0.2, 0.25) is 0 Å². The van der Waals surface area contributed by atoms with Gasteiger partial charge in [0.05, 0.1) is 5.69 Å². The number of halogens is 1. The van der Waals surface area contributed by atoms with Crippen LogP contribution >= 0.6 is 0 Å². The zero-order valence-electron chi connectivity index (χ0n) is 9.26. The molecular weight excluding hydrogens is 217 g/mol. The van der Waals surface area contributed by atoms with Gasteiger partial charge in [0.15, 0.2) is 11.5 Å². The normalized spacial score (nSPS) is 10.9. The second-order valence-electron chi connectivity index (χ2n) is 3.90. The molecule has 3 aromatic rings. The van der Waals surface area contributed by atoms with Crippen molar-refractivity contribution in [2.45, 2.75) is 6.92 Å². The van der Waals surface area contributed by atoms with Gasteiger partial charge in [0, 0.05) is 30.4 Å². The van der Waals surface area contributed by atoms with E-state index >= 15 is 0 Å². The average Bonchev–Trinajstić information content (AvgIpc) is 2.75. The molecule has 17 heavy (non-hydrogen) atoms. The molecule has 0 spiro atoms. The van der Waals surface area contributed by atoms with Gasteiger partial charge < -0.3 is 4.40 Å². The molecule has 0 saturated heterocycles. The van der Waals surface area contributed by atoms with Crippen LogP contribution in [-0.4, -0.2) is 14.4 Å². The van der Waals surface area contributed by atoms with Crippen LogP contribution < -0.4 is 0 Å². The van der Waals surface area contributed by atoms with Crippen molar-refractivity contribution < 1.29 is 4.39 Å². The van der Waals surface area contributed by atoms with E-state index in [0.29, 0.717) is 5.65 Å². The highest BCUT2D eigenvalue weighted by molar-refractivity contribution is 5.65. The molecule has 0 atom stereocenters. The molecule has 0 aliphatic rings. The summed E-state index contributed by atoms with van der Waals surface area (Å²) in [5, 5.41) is 0. The number of rotatable bonds is 1. The monoisotopic (exact) mass is 227 g/mol. The van der Waals surface area contributed by atoms with E-state index in [1.54, 1.807) is 29.1 Å². The van der Waals surface area contributed by atoms with Crippen molar-refractivity contribution in [1.82, 2.24) is 14.4 Å². The maximum Gasteiger partial charge on any atom is 0.173 e. The van der Waals surface area contributed by atoms with Gasteiger partial charge in [-0.05, 0) is 30.7 Å². The first kappa shape index (κ1) is 9.96. The molecule has 0 aliphatic heterocycles. The van der Waals surface area contributed by atoms with Gasteiger partial charge in [0.2, 0.25) is 0 Å². The van der Waals surface area contributed by atoms with Crippen molar-refractivity contribution in [3.05, 3.63) is 54.4 Å². The van der Waals surface area contributed by atoms with Gasteiger partial charge in [-0.1, -0.05) is 0 Å². The largest absolute Gasteiger partial charge is 0.304 e. The van der Waals surface area contributed by atoms with Crippen molar-refractivity contribution in [2.24, 2.45) is 0 Å². The lowest BCUT2D eigenvalue weighted by Gasteiger charge is -1.99. The van der Waals surface area contributed by atoms with E-state index in [4.69, 9.17) is 0 Å². The van der Waals surface area contributed by atoms with Gasteiger partial charge in [0.25, 0.3) is 0 Å². The zero-order valence-corrected chi connectivity index (χ0v) is 9.26. The summed E-state index contributed by atoms with van der Waals surface area (Å²) < 4.78 is 15.2. The number of imidazole rings is 1. The predicted octanol–water partition coefficient (Wildman–Crippen LogP) is 2.84. The van der Waals surface area contributed by atoms with E-state index in [-0.39, 0.29) is 5.82 Å². The van der Waals surface area contributed by atoms with Crippen molar-refractivity contribution in [2.75, 3.05) is 0 Å². The Kier molecular flexibility index (Phi) is 2.14. The lowest BCUT2D eigenvalue weighted by Crippen LogP contribution is -1.85. The maximum absolute atomic E-state index is 13.5. The number of hydrogen-bond donors (Lipinski definition) is 0. The molecule has 3 aromatic heterocycles. The fourth-order valence-electron chi connectivity index (χ4n) is 1.84. The van der Waals surface area contributed by atoms with Gasteiger partial charge in [-0.25, -0.2) is 9.37 Å². The molecule has 0 aromatic carbocycles. The Morgan fingerprint density at radius 3 is 2.94 bits per heavy atom. The van der Waals surface area contributed by atoms with Crippen LogP contribution in [0, 0.1) is 12.7 Å². The van der Waals surface area contributed by atoms with Crippen LogP contribution in [0.4, 0.5) is 4.39 Å². The van der Waals surface area contributed by atoms with E-state index in [2.05, 4.69) is 9.97 Å². The molecule has 0 bridgehead atoms. The fraction of sp³-hybridized carbons (Fsp3) is 0.0769. The zero-order chi connectivity index (χ0) is 11.8. The summed E-state index contributed by atoms with van der Waals surface area (Å²) >= 11 is 0. The van der Waals surface area contributed by atoms with E-state index < -0.39 is 0 Å². The third kappa shape index (κ3) is 1.58. The second kappa shape index (κ2) is 3.66. The summed E-state index contributed by atoms with van der Waals surface area (Å²) in [6.45, 7) is 1.98. The van der Waals surface area contributed by atoms with Crippen molar-refractivity contribution in [3.8, 4) is 11.3 Å². The predicted molar refractivity (Wildman–Crippen MR) is 63.1 cm³/mol. The summed E-state index contributed by atoms with van der Waals surface area (Å²) in [5.41, 5.74) is 3.07. The van der Waals surface area contributed by atoms with Crippen LogP contribution in [0.1, 0.15) is 5.56 Å². The van der Waals surface area contributed by atoms with Gasteiger partial charge in [-0.15, -0.1) is 0 Å². The number of nitrogens with zero attached hydrogens (tertiary/aromatic N) is 3. The summed E-state index contributed by atoms with van der Waals surface area (Å²) in [7, 11) is 0. The summed E-state index contributed by atoms with van der Waals surface area (Å²) in [4.78, 5) is 8.36. The highest BCUT2D eigenvalue weighted by Gasteiger charge is 2.09. The molecule has 0 saturated carbocycles. The van der Waals surface area contributed by atoms with E-state index in [1.807, 2.05) is 19.2 Å². The standard InChI is InChI=1S/C13H10FN3/c1-9-4-5-15-7-10(9)12-8-17-6-2-3-11(14)13(17)16-12/h2-8H,1H3. The first-order chi connectivity index (χ1) is 8.25. The number of aryl methyl sites for hydroxylation is 1. The van der Waals surface area contributed by atoms with Gasteiger partial charge in [0.1, 0.15) is 0 Å². The molecule has 0 unspecified atom stereocenters. The van der Waals surface area contributed by atoms with Crippen LogP contribution in [0.5, 0.6) is 0 Å². The molecule has 3 rings (SSSR count). The van der Waals surface area contributed by atoms with Crippen molar-refractivity contribution in [1.29, 1.82) is 0 Å². The summed E-state index contributed by atoms with van der Waals surface area (Å²) in [6, 6.07) is 4.97. The number of fused-ring (bicyclic) bond motifs is 1. The minimum atomic E-state index is -0.319. The molecule has 84 valence electrons. The number of aromatic nitrogens is 3. The molecule has 3 nitrogen and oxygen atoms in total. The Labute approximate surface area is 97.6 Å². The highest BCUT2D eigenvalue weighted by Crippen LogP contribution is 2.22. The molecule has 3 heterocycles. The molecular formula is C13H10FN3. The van der Waals surface area contributed by atoms with Crippen LogP contribution in [-0.2, 0) is 0 Å². The number of pyridine rings is 2. The van der Waals surface area contributed by atoms with Gasteiger partial charge in [-0.3, -0.25) is 4.98 Å². The van der Waals surface area contributed by atoms with Gasteiger partial charge >= 0.3 is 0 Å². The fourth-order valence-corrected chi connectivity index (χ4v) is 1.84. The van der Waals surface area contributed by atoms with E-state index in [1.165, 1.54) is 6.07 Å². The number of hydrogen-bond acceptors (Lipinski definition) is 2. The molecule has 4 heteroatoms. The van der Waals surface area contributed by atoms with Crippen LogP contribution in [0.15, 0.2) is 43.0 Å². The Bertz CT molecular complexity index is 688. The van der Waals surface area contributed by atoms with Crippen molar-refractivity contribution in [3.63, 3.8) is 0 Å². The smallest absolute Gasteiger partial charge is 0.173 e. The van der Waals surface area contributed by atoms with Crippen LogP contribution in [0.25, 0.3) is 16.9 Å². The Morgan fingerprint density at radius 1 is 1.29 bits per heavy atom. The Hall–Kier alpha value is -2.23. The Morgan fingerprint density at radius 2 is 2.18 bits per heavy atom. The van der Waals surface area contributed by atoms with Crippen LogP contribution in [0.3, 0.4) is 0 Å². The molecule has 0 N–H and O–H groups in total. The molecule has 0 amide bonds. The highest BCUT2D eigenvalue weighted by atomic mass is 19.1. The minimum absolute atomic E-state index is 0.319. The van der Waals surface area contributed by atoms with Gasteiger partial charge in [-0.2, -0.15) is 0 Å². The first-order valence-corrected chi connectivity index (χ1v) is 5.30.